The van der Waals surface area contributed by atoms with Gasteiger partial charge in [-0.05, 0) is 6.07 Å². The van der Waals surface area contributed by atoms with Crippen LogP contribution < -0.4 is 10.2 Å². The molecule has 1 aromatic rings. The van der Waals surface area contributed by atoms with Crippen molar-refractivity contribution >= 4 is 5.82 Å². The zero-order valence-electron chi connectivity index (χ0n) is 9.34. The van der Waals surface area contributed by atoms with Gasteiger partial charge in [0.2, 0.25) is 0 Å². The summed E-state index contributed by atoms with van der Waals surface area (Å²) in [5.74, 6) is 1.06. The molecule has 5 nitrogen and oxygen atoms in total. The van der Waals surface area contributed by atoms with E-state index in [1.165, 1.54) is 0 Å². The molecule has 0 spiro atoms. The van der Waals surface area contributed by atoms with Crippen LogP contribution >= 0.6 is 0 Å². The van der Waals surface area contributed by atoms with E-state index in [-0.39, 0.29) is 0 Å². The summed E-state index contributed by atoms with van der Waals surface area (Å²) in [7, 11) is 0. The van der Waals surface area contributed by atoms with Crippen LogP contribution in [0.5, 0.6) is 0 Å². The van der Waals surface area contributed by atoms with E-state index in [1.807, 2.05) is 12.3 Å². The fourth-order valence-electron chi connectivity index (χ4n) is 2.32. The molecule has 1 N–H and O–H groups in total. The minimum Gasteiger partial charge on any atom is -0.354 e. The normalized spacial score (nSPS) is 23.1. The first kappa shape index (κ1) is 9.99. The topological polar surface area (TPSA) is 44.3 Å². The maximum atomic E-state index is 4.29. The number of hydrogen-bond acceptors (Lipinski definition) is 5. The molecule has 2 aliphatic heterocycles. The summed E-state index contributed by atoms with van der Waals surface area (Å²) in [4.78, 5) is 13.2. The lowest BCUT2D eigenvalue weighted by Crippen LogP contribution is -2.61. The van der Waals surface area contributed by atoms with Gasteiger partial charge in [0.25, 0.3) is 0 Å². The Kier molecular flexibility index (Phi) is 2.71. The van der Waals surface area contributed by atoms with Crippen molar-refractivity contribution in [2.24, 2.45) is 0 Å². The quantitative estimate of drug-likeness (QED) is 0.731. The summed E-state index contributed by atoms with van der Waals surface area (Å²) in [6.45, 7) is 6.77. The lowest BCUT2D eigenvalue weighted by atomic mass is 10.1. The largest absolute Gasteiger partial charge is 0.354 e. The molecule has 16 heavy (non-hydrogen) atoms. The molecule has 2 aliphatic rings. The third-order valence-corrected chi connectivity index (χ3v) is 3.48. The number of anilines is 1. The highest BCUT2D eigenvalue weighted by atomic mass is 15.3. The number of aromatic nitrogens is 2. The van der Waals surface area contributed by atoms with Crippen LogP contribution in [0.3, 0.4) is 0 Å². The number of nitrogens with one attached hydrogen (secondary N) is 1. The molecule has 0 radical (unpaired) electrons. The zero-order chi connectivity index (χ0) is 10.8. The lowest BCUT2D eigenvalue weighted by molar-refractivity contribution is 0.137. The van der Waals surface area contributed by atoms with E-state index in [4.69, 9.17) is 0 Å². The summed E-state index contributed by atoms with van der Waals surface area (Å²) < 4.78 is 0. The van der Waals surface area contributed by atoms with E-state index in [0.717, 1.165) is 51.1 Å². The maximum Gasteiger partial charge on any atom is 0.131 e. The highest BCUT2D eigenvalue weighted by Gasteiger charge is 2.27. The summed E-state index contributed by atoms with van der Waals surface area (Å²) in [5.41, 5.74) is 0. The minimum absolute atomic E-state index is 0.771. The van der Waals surface area contributed by atoms with E-state index >= 15 is 0 Å². The smallest absolute Gasteiger partial charge is 0.131 e. The van der Waals surface area contributed by atoms with Gasteiger partial charge in [0.05, 0.1) is 0 Å². The van der Waals surface area contributed by atoms with Crippen LogP contribution in [0, 0.1) is 0 Å². The molecule has 2 saturated heterocycles. The fourth-order valence-corrected chi connectivity index (χ4v) is 2.32. The van der Waals surface area contributed by atoms with Gasteiger partial charge in [0.15, 0.2) is 0 Å². The van der Waals surface area contributed by atoms with Crippen molar-refractivity contribution in [3.05, 3.63) is 18.6 Å². The van der Waals surface area contributed by atoms with Gasteiger partial charge in [-0.3, -0.25) is 4.90 Å². The Balaban J connectivity index is 1.58. The van der Waals surface area contributed by atoms with Crippen molar-refractivity contribution in [1.29, 1.82) is 0 Å². The number of piperazine rings is 1. The molecule has 0 saturated carbocycles. The van der Waals surface area contributed by atoms with Crippen molar-refractivity contribution in [2.75, 3.05) is 44.2 Å². The average molecular weight is 219 g/mol. The number of nitrogens with zero attached hydrogens (tertiary/aromatic N) is 4. The molecule has 0 bridgehead atoms. The summed E-state index contributed by atoms with van der Waals surface area (Å²) in [6, 6.07) is 2.76. The van der Waals surface area contributed by atoms with Crippen LogP contribution in [0.2, 0.25) is 0 Å². The average Bonchev–Trinajstić information content (AvgIpc) is 2.29. The predicted octanol–water partition coefficient (Wildman–Crippen LogP) is -0.430. The molecule has 5 heteroatoms. The van der Waals surface area contributed by atoms with E-state index in [9.17, 15) is 0 Å². The Morgan fingerprint density at radius 3 is 2.56 bits per heavy atom. The summed E-state index contributed by atoms with van der Waals surface area (Å²) in [5, 5.41) is 3.33. The summed E-state index contributed by atoms with van der Waals surface area (Å²) >= 11 is 0. The van der Waals surface area contributed by atoms with Crippen molar-refractivity contribution in [1.82, 2.24) is 20.2 Å². The fraction of sp³-hybridized carbons (Fsp3) is 0.636. The molecule has 2 fully saturated rings. The second-order valence-corrected chi connectivity index (χ2v) is 4.40. The number of rotatable bonds is 2. The van der Waals surface area contributed by atoms with Crippen LogP contribution in [0.15, 0.2) is 18.6 Å². The molecule has 0 atom stereocenters. The zero-order valence-corrected chi connectivity index (χ0v) is 9.34. The van der Waals surface area contributed by atoms with Gasteiger partial charge in [0.1, 0.15) is 12.1 Å². The lowest BCUT2D eigenvalue weighted by Gasteiger charge is -2.43. The van der Waals surface area contributed by atoms with Crippen LogP contribution in [-0.2, 0) is 0 Å². The molecule has 0 unspecified atom stereocenters. The molecule has 3 heterocycles. The highest BCUT2D eigenvalue weighted by Crippen LogP contribution is 2.14. The summed E-state index contributed by atoms with van der Waals surface area (Å²) in [6.07, 6.45) is 3.43. The number of hydrogen-bond donors (Lipinski definition) is 1. The molecular formula is C11H17N5. The maximum absolute atomic E-state index is 4.29. The molecular weight excluding hydrogens is 202 g/mol. The van der Waals surface area contributed by atoms with Crippen molar-refractivity contribution in [3.8, 4) is 0 Å². The first-order chi connectivity index (χ1) is 7.93. The van der Waals surface area contributed by atoms with Crippen LogP contribution in [0.1, 0.15) is 0 Å². The van der Waals surface area contributed by atoms with E-state index in [1.54, 1.807) is 6.33 Å². The van der Waals surface area contributed by atoms with E-state index < -0.39 is 0 Å². The van der Waals surface area contributed by atoms with Gasteiger partial charge >= 0.3 is 0 Å². The molecule has 0 aromatic carbocycles. The Morgan fingerprint density at radius 1 is 1.19 bits per heavy atom. The molecule has 3 rings (SSSR count). The van der Waals surface area contributed by atoms with E-state index in [2.05, 4.69) is 25.1 Å². The molecule has 0 aliphatic carbocycles. The monoisotopic (exact) mass is 219 g/mol. The van der Waals surface area contributed by atoms with Crippen molar-refractivity contribution < 1.29 is 0 Å². The van der Waals surface area contributed by atoms with Crippen molar-refractivity contribution in [2.45, 2.75) is 6.04 Å². The van der Waals surface area contributed by atoms with Gasteiger partial charge in [-0.15, -0.1) is 0 Å². The van der Waals surface area contributed by atoms with Crippen LogP contribution in [0.4, 0.5) is 5.82 Å². The standard InChI is InChI=1S/C11H17N5/c1-2-12-9-14-11(1)16-5-3-15(4-6-16)10-7-13-8-10/h1-2,9-10,13H,3-8H2. The van der Waals surface area contributed by atoms with Gasteiger partial charge in [-0.2, -0.15) is 0 Å². The first-order valence-corrected chi connectivity index (χ1v) is 5.89. The van der Waals surface area contributed by atoms with Crippen LogP contribution in [0.25, 0.3) is 0 Å². The van der Waals surface area contributed by atoms with Gasteiger partial charge < -0.3 is 10.2 Å². The highest BCUT2D eigenvalue weighted by molar-refractivity contribution is 5.37. The second kappa shape index (κ2) is 4.35. The first-order valence-electron chi connectivity index (χ1n) is 5.89. The Morgan fingerprint density at radius 2 is 2.00 bits per heavy atom. The molecule has 1 aromatic heterocycles. The van der Waals surface area contributed by atoms with Gasteiger partial charge in [-0.25, -0.2) is 9.97 Å². The van der Waals surface area contributed by atoms with Crippen molar-refractivity contribution in [3.63, 3.8) is 0 Å². The predicted molar refractivity (Wildman–Crippen MR) is 62.5 cm³/mol. The van der Waals surface area contributed by atoms with Gasteiger partial charge in [0, 0.05) is 51.5 Å². The van der Waals surface area contributed by atoms with E-state index in [0.29, 0.717) is 0 Å². The Labute approximate surface area is 95.5 Å². The second-order valence-electron chi connectivity index (χ2n) is 4.40. The van der Waals surface area contributed by atoms with Gasteiger partial charge in [-0.1, -0.05) is 0 Å². The minimum atomic E-state index is 0.771. The Bertz CT molecular complexity index is 329. The Hall–Kier alpha value is -1.20. The third-order valence-electron chi connectivity index (χ3n) is 3.48. The third kappa shape index (κ3) is 1.88. The SMILES string of the molecule is c1cc(N2CCN(C3CNC3)CC2)ncn1. The molecule has 86 valence electrons. The van der Waals surface area contributed by atoms with Crippen LogP contribution in [-0.4, -0.2) is 60.2 Å². The molecule has 0 amide bonds.